The molecule has 1 N–H and O–H groups in total. The molecule has 0 radical (unpaired) electrons. The van der Waals surface area contributed by atoms with Crippen LogP contribution in [0.5, 0.6) is 0 Å². The van der Waals surface area contributed by atoms with Gasteiger partial charge in [-0.1, -0.05) is 11.8 Å². The molecule has 1 aromatic carbocycles. The number of benzene rings is 1. The number of rotatable bonds is 1. The monoisotopic (exact) mass is 237 g/mol. The minimum atomic E-state index is -0.270. The van der Waals surface area contributed by atoms with Gasteiger partial charge in [-0.05, 0) is 43.4 Å². The maximum Gasteiger partial charge on any atom is 0.183 e. The quantitative estimate of drug-likeness (QED) is 0.353. The van der Waals surface area contributed by atoms with E-state index in [0.717, 1.165) is 11.1 Å². The molecule has 0 unspecified atom stereocenters. The van der Waals surface area contributed by atoms with Crippen molar-refractivity contribution in [2.75, 3.05) is 6.26 Å². The number of thioether (sulfide) groups is 1. The molecule has 0 aromatic heterocycles. The fourth-order valence-corrected chi connectivity index (χ4v) is 1.68. The first-order valence-corrected chi connectivity index (χ1v) is 5.85. The van der Waals surface area contributed by atoms with E-state index in [9.17, 15) is 4.39 Å². The summed E-state index contributed by atoms with van der Waals surface area (Å²) in [5.74, 6) is -0.270. The second kappa shape index (κ2) is 5.52. The Labute approximate surface area is 98.4 Å². The van der Waals surface area contributed by atoms with Crippen LogP contribution in [0, 0.1) is 31.1 Å². The summed E-state index contributed by atoms with van der Waals surface area (Å²) in [6.45, 7) is 3.58. The van der Waals surface area contributed by atoms with Crippen LogP contribution in [0.1, 0.15) is 11.1 Å². The van der Waals surface area contributed by atoms with E-state index in [1.165, 1.54) is 23.9 Å². The lowest BCUT2D eigenvalue weighted by Gasteiger charge is -2.06. The van der Waals surface area contributed by atoms with E-state index in [2.05, 4.69) is 10.3 Å². The minimum absolute atomic E-state index is 0.270. The molecule has 0 fully saturated rings. The van der Waals surface area contributed by atoms with E-state index < -0.39 is 0 Å². The van der Waals surface area contributed by atoms with Gasteiger partial charge in [0.15, 0.2) is 11.4 Å². The Hall–Kier alpha value is -1.54. The zero-order valence-corrected chi connectivity index (χ0v) is 10.2. The number of nitrogens with one attached hydrogen (secondary N) is 1. The number of nitriles is 1. The van der Waals surface area contributed by atoms with Crippen molar-refractivity contribution in [2.24, 2.45) is 4.99 Å². The molecule has 84 valence electrons. The summed E-state index contributed by atoms with van der Waals surface area (Å²) in [6, 6.07) is 2.85. The van der Waals surface area contributed by atoms with E-state index in [0.29, 0.717) is 10.9 Å². The maximum atomic E-state index is 13.1. The van der Waals surface area contributed by atoms with Crippen molar-refractivity contribution in [3.05, 3.63) is 29.1 Å². The average molecular weight is 237 g/mol. The molecule has 1 rings (SSSR count). The zero-order valence-electron chi connectivity index (χ0n) is 9.34. The molecule has 0 saturated carbocycles. The summed E-state index contributed by atoms with van der Waals surface area (Å²) in [6.07, 6.45) is 3.63. The van der Waals surface area contributed by atoms with Crippen molar-refractivity contribution in [3.63, 3.8) is 0 Å². The van der Waals surface area contributed by atoms with Crippen LogP contribution >= 0.6 is 11.8 Å². The number of halogens is 1. The van der Waals surface area contributed by atoms with Gasteiger partial charge in [-0.15, -0.1) is 0 Å². The molecule has 0 saturated heterocycles. The predicted octanol–water partition coefficient (Wildman–Crippen LogP) is 2.86. The Morgan fingerprint density at radius 2 is 2.00 bits per heavy atom. The van der Waals surface area contributed by atoms with Gasteiger partial charge in [0.25, 0.3) is 0 Å². The van der Waals surface area contributed by atoms with Gasteiger partial charge in [-0.2, -0.15) is 5.26 Å². The van der Waals surface area contributed by atoms with E-state index >= 15 is 0 Å². The summed E-state index contributed by atoms with van der Waals surface area (Å²) in [5.41, 5.74) is 2.21. The molecule has 1 aromatic rings. The number of amidine groups is 1. The first-order chi connectivity index (χ1) is 7.58. The highest BCUT2D eigenvalue weighted by Gasteiger charge is 2.05. The predicted molar refractivity (Wildman–Crippen MR) is 65.2 cm³/mol. The molecular formula is C11H12FN3S. The van der Waals surface area contributed by atoms with E-state index in [1.54, 1.807) is 13.8 Å². The van der Waals surface area contributed by atoms with Crippen molar-refractivity contribution >= 4 is 22.6 Å². The first kappa shape index (κ1) is 12.5. The van der Waals surface area contributed by atoms with Crippen molar-refractivity contribution < 1.29 is 4.39 Å². The van der Waals surface area contributed by atoms with Crippen LogP contribution in [0.25, 0.3) is 0 Å². The Morgan fingerprint density at radius 1 is 1.44 bits per heavy atom. The maximum absolute atomic E-state index is 13.1. The second-order valence-corrected chi connectivity index (χ2v) is 4.04. The summed E-state index contributed by atoms with van der Waals surface area (Å²) < 4.78 is 13.1. The lowest BCUT2D eigenvalue weighted by Crippen LogP contribution is -2.12. The van der Waals surface area contributed by atoms with Crippen LogP contribution in [0.3, 0.4) is 0 Å². The first-order valence-electron chi connectivity index (χ1n) is 4.63. The molecule has 0 amide bonds. The van der Waals surface area contributed by atoms with Crippen LogP contribution in [0.15, 0.2) is 17.1 Å². The third kappa shape index (κ3) is 2.97. The second-order valence-electron chi connectivity index (χ2n) is 3.25. The third-order valence-corrected chi connectivity index (χ3v) is 2.61. The summed E-state index contributed by atoms with van der Waals surface area (Å²) in [7, 11) is 0. The van der Waals surface area contributed by atoms with E-state index in [4.69, 9.17) is 5.26 Å². The fourth-order valence-electron chi connectivity index (χ4n) is 1.35. The molecule has 16 heavy (non-hydrogen) atoms. The molecule has 3 nitrogen and oxygen atoms in total. The lowest BCUT2D eigenvalue weighted by atomic mass is 10.1. The Bertz CT molecular complexity index is 440. The Balaban J connectivity index is 3.19. The molecule has 5 heteroatoms. The minimum Gasteiger partial charge on any atom is -0.271 e. The van der Waals surface area contributed by atoms with E-state index in [1.807, 2.05) is 12.4 Å². The molecule has 0 aliphatic carbocycles. The van der Waals surface area contributed by atoms with Crippen molar-refractivity contribution in [1.82, 2.24) is 5.32 Å². The van der Waals surface area contributed by atoms with Gasteiger partial charge in [0.2, 0.25) is 0 Å². The van der Waals surface area contributed by atoms with Gasteiger partial charge in [0, 0.05) is 0 Å². The van der Waals surface area contributed by atoms with Crippen molar-refractivity contribution in [2.45, 2.75) is 13.8 Å². The molecule has 0 spiro atoms. The number of aryl methyl sites for hydroxylation is 2. The number of hydrogen-bond acceptors (Lipinski definition) is 3. The molecule has 0 aliphatic rings. The number of nitrogens with zero attached hydrogens (tertiary/aromatic N) is 2. The zero-order chi connectivity index (χ0) is 12.1. The van der Waals surface area contributed by atoms with Crippen LogP contribution < -0.4 is 5.32 Å². The standard InChI is InChI=1S/C11H12FN3S/c1-7-4-9(12)5-8(2)10(7)15-11(16-3)14-6-13/h4-5H,1-3H3,(H,14,15). The Kier molecular flexibility index (Phi) is 4.32. The Morgan fingerprint density at radius 3 is 2.44 bits per heavy atom. The highest BCUT2D eigenvalue weighted by Crippen LogP contribution is 2.25. The van der Waals surface area contributed by atoms with E-state index in [-0.39, 0.29) is 5.82 Å². The van der Waals surface area contributed by atoms with Crippen LogP contribution in [0.4, 0.5) is 10.1 Å². The van der Waals surface area contributed by atoms with Crippen LogP contribution in [-0.2, 0) is 0 Å². The molecule has 0 bridgehead atoms. The molecule has 0 heterocycles. The van der Waals surface area contributed by atoms with Crippen molar-refractivity contribution in [3.8, 4) is 6.19 Å². The van der Waals surface area contributed by atoms with Gasteiger partial charge in [0.05, 0.1) is 5.69 Å². The molecule has 0 aliphatic heterocycles. The van der Waals surface area contributed by atoms with Crippen LogP contribution in [0.2, 0.25) is 0 Å². The highest BCUT2D eigenvalue weighted by atomic mass is 32.2. The van der Waals surface area contributed by atoms with Crippen LogP contribution in [-0.4, -0.2) is 11.4 Å². The third-order valence-electron chi connectivity index (χ3n) is 2.03. The number of aliphatic imine (C=N–C) groups is 1. The highest BCUT2D eigenvalue weighted by molar-refractivity contribution is 8.13. The van der Waals surface area contributed by atoms with Gasteiger partial charge < -0.3 is 0 Å². The average Bonchev–Trinajstić information content (AvgIpc) is 2.21. The van der Waals surface area contributed by atoms with Gasteiger partial charge in [0.1, 0.15) is 5.82 Å². The van der Waals surface area contributed by atoms with Gasteiger partial charge in [-0.3, -0.25) is 5.32 Å². The normalized spacial score (nSPS) is 11.1. The summed E-state index contributed by atoms with van der Waals surface area (Å²) in [4.78, 5) is 4.29. The summed E-state index contributed by atoms with van der Waals surface area (Å²) in [5, 5.41) is 11.5. The topological polar surface area (TPSA) is 48.2 Å². The fraction of sp³-hybridized carbons (Fsp3) is 0.273. The largest absolute Gasteiger partial charge is 0.271 e. The number of hydrogen-bond donors (Lipinski definition) is 1. The summed E-state index contributed by atoms with van der Waals surface area (Å²) >= 11 is 1.33. The molecular weight excluding hydrogens is 225 g/mol. The van der Waals surface area contributed by atoms with Crippen molar-refractivity contribution in [1.29, 1.82) is 5.26 Å². The van der Waals surface area contributed by atoms with Gasteiger partial charge >= 0.3 is 0 Å². The SMILES string of the molecule is CSC(=Nc1c(C)cc(F)cc1C)NC#N. The lowest BCUT2D eigenvalue weighted by molar-refractivity contribution is 0.625. The molecule has 0 atom stereocenters. The van der Waals surface area contributed by atoms with Gasteiger partial charge in [-0.25, -0.2) is 9.38 Å². The smallest absolute Gasteiger partial charge is 0.183 e.